The fourth-order valence-corrected chi connectivity index (χ4v) is 1.32. The normalized spacial score (nSPS) is 13.9. The van der Waals surface area contributed by atoms with E-state index in [1.165, 1.54) is 0 Å². The zero-order valence-corrected chi connectivity index (χ0v) is 11.4. The molecule has 0 aromatic heterocycles. The third kappa shape index (κ3) is 12.9. The van der Waals surface area contributed by atoms with Crippen LogP contribution in [-0.4, -0.2) is 19.1 Å². The van der Waals surface area contributed by atoms with Crippen LogP contribution < -0.4 is 29.6 Å². The van der Waals surface area contributed by atoms with Crippen molar-refractivity contribution in [3.8, 4) is 0 Å². The molecule has 0 rings (SSSR count). The Bertz CT molecular complexity index is 213. The van der Waals surface area contributed by atoms with Crippen molar-refractivity contribution < 1.29 is 46.7 Å². The van der Waals surface area contributed by atoms with Gasteiger partial charge in [-0.25, -0.2) is 8.42 Å². The van der Waals surface area contributed by atoms with E-state index in [-0.39, 0.29) is 29.6 Å². The molecule has 0 unspecified atom stereocenters. The van der Waals surface area contributed by atoms with Gasteiger partial charge in [-0.3, -0.25) is 4.18 Å². The maximum absolute atomic E-state index is 10.1. The van der Waals surface area contributed by atoms with Crippen LogP contribution in [0, 0.1) is 5.92 Å². The van der Waals surface area contributed by atoms with Gasteiger partial charge in [-0.2, -0.15) is 0 Å². The maximum atomic E-state index is 10.1. The first-order valence-electron chi connectivity index (χ1n) is 3.95. The summed E-state index contributed by atoms with van der Waals surface area (Å²) >= 11 is 0. The fraction of sp³-hybridized carbons (Fsp3) is 1.00. The topological polar surface area (TPSA) is 66.4 Å². The van der Waals surface area contributed by atoms with Gasteiger partial charge in [0.2, 0.25) is 10.4 Å². The summed E-state index contributed by atoms with van der Waals surface area (Å²) in [6.07, 6.45) is 0.949. The summed E-state index contributed by atoms with van der Waals surface area (Å²) in [6, 6.07) is 0. The van der Waals surface area contributed by atoms with Gasteiger partial charge in [0.25, 0.3) is 0 Å². The molecule has 0 saturated heterocycles. The molecule has 4 nitrogen and oxygen atoms in total. The Morgan fingerprint density at radius 2 is 1.69 bits per heavy atom. The summed E-state index contributed by atoms with van der Waals surface area (Å²) in [4.78, 5) is 0. The monoisotopic (exact) mass is 218 g/mol. The van der Waals surface area contributed by atoms with Gasteiger partial charge in [0.05, 0.1) is 6.10 Å². The SMILES string of the molecule is CC(C)CC[C@H](C)OS(=O)(=O)[O-].[Na+]. The standard InChI is InChI=1S/C7H16O4S.Na/c1-6(2)4-5-7(3)11-12(8,9)10;/h6-7H,4-5H2,1-3H3,(H,8,9,10);/q;+1/p-1/t7-;/m0./s1. The van der Waals surface area contributed by atoms with E-state index in [0.717, 1.165) is 6.42 Å². The minimum atomic E-state index is -4.52. The molecule has 0 N–H and O–H groups in total. The summed E-state index contributed by atoms with van der Waals surface area (Å²) in [7, 11) is -4.52. The van der Waals surface area contributed by atoms with Gasteiger partial charge >= 0.3 is 29.6 Å². The van der Waals surface area contributed by atoms with Gasteiger partial charge < -0.3 is 4.55 Å². The van der Waals surface area contributed by atoms with Crippen molar-refractivity contribution in [3.05, 3.63) is 0 Å². The van der Waals surface area contributed by atoms with Crippen LogP contribution >= 0.6 is 0 Å². The van der Waals surface area contributed by atoms with Gasteiger partial charge in [-0.05, 0) is 25.7 Å². The quantitative estimate of drug-likeness (QED) is 0.313. The molecule has 74 valence electrons. The van der Waals surface area contributed by atoms with Crippen LogP contribution in [0.5, 0.6) is 0 Å². The minimum absolute atomic E-state index is 0. The van der Waals surface area contributed by atoms with E-state index in [1.807, 2.05) is 13.8 Å². The van der Waals surface area contributed by atoms with E-state index in [9.17, 15) is 13.0 Å². The first-order chi connectivity index (χ1) is 5.31. The van der Waals surface area contributed by atoms with Crippen LogP contribution in [0.3, 0.4) is 0 Å². The Morgan fingerprint density at radius 3 is 2.00 bits per heavy atom. The number of rotatable bonds is 5. The second-order valence-electron chi connectivity index (χ2n) is 3.29. The molecule has 0 radical (unpaired) electrons. The van der Waals surface area contributed by atoms with Crippen molar-refractivity contribution in [2.45, 2.75) is 39.7 Å². The molecule has 0 aliphatic heterocycles. The Labute approximate surface area is 102 Å². The van der Waals surface area contributed by atoms with E-state index in [2.05, 4.69) is 4.18 Å². The Balaban J connectivity index is 0. The van der Waals surface area contributed by atoms with Crippen LogP contribution in [0.1, 0.15) is 33.6 Å². The molecule has 0 bridgehead atoms. The third-order valence-corrected chi connectivity index (χ3v) is 2.00. The molecule has 6 heteroatoms. The van der Waals surface area contributed by atoms with Crippen LogP contribution in [0.15, 0.2) is 0 Å². The molecule has 13 heavy (non-hydrogen) atoms. The van der Waals surface area contributed by atoms with Crippen LogP contribution in [0.25, 0.3) is 0 Å². The largest absolute Gasteiger partial charge is 1.00 e. The first kappa shape index (κ1) is 16.3. The Hall–Kier alpha value is 0.870. The molecule has 0 aromatic carbocycles. The van der Waals surface area contributed by atoms with E-state index >= 15 is 0 Å². The molecule has 0 aliphatic carbocycles. The van der Waals surface area contributed by atoms with Gasteiger partial charge in [-0.1, -0.05) is 13.8 Å². The van der Waals surface area contributed by atoms with Crippen molar-refractivity contribution in [2.75, 3.05) is 0 Å². The van der Waals surface area contributed by atoms with Crippen molar-refractivity contribution >= 4 is 10.4 Å². The zero-order valence-electron chi connectivity index (χ0n) is 8.61. The predicted molar refractivity (Wildman–Crippen MR) is 44.3 cm³/mol. The predicted octanol–water partition coefficient (Wildman–Crippen LogP) is -1.71. The van der Waals surface area contributed by atoms with Crippen LogP contribution in [0.2, 0.25) is 0 Å². The molecular weight excluding hydrogens is 203 g/mol. The fourth-order valence-electron chi connectivity index (χ4n) is 0.817. The van der Waals surface area contributed by atoms with Crippen LogP contribution in [-0.2, 0) is 14.6 Å². The molecule has 0 saturated carbocycles. The summed E-state index contributed by atoms with van der Waals surface area (Å²) in [5.41, 5.74) is 0. The zero-order chi connectivity index (χ0) is 9.78. The number of hydrogen-bond acceptors (Lipinski definition) is 4. The average molecular weight is 218 g/mol. The number of hydrogen-bond donors (Lipinski definition) is 0. The van der Waals surface area contributed by atoms with E-state index in [4.69, 9.17) is 0 Å². The van der Waals surface area contributed by atoms with Crippen molar-refractivity contribution in [1.82, 2.24) is 0 Å². The minimum Gasteiger partial charge on any atom is -0.726 e. The van der Waals surface area contributed by atoms with Gasteiger partial charge in [0.1, 0.15) is 0 Å². The van der Waals surface area contributed by atoms with Crippen molar-refractivity contribution in [2.24, 2.45) is 5.92 Å². The van der Waals surface area contributed by atoms with E-state index < -0.39 is 16.5 Å². The maximum Gasteiger partial charge on any atom is 1.00 e. The molecule has 1 atom stereocenters. The molecular formula is C7H15NaO4S. The van der Waals surface area contributed by atoms with Gasteiger partial charge in [-0.15, -0.1) is 0 Å². The van der Waals surface area contributed by atoms with Crippen molar-refractivity contribution in [3.63, 3.8) is 0 Å². The molecule has 0 aliphatic rings. The molecule has 0 spiro atoms. The summed E-state index contributed by atoms with van der Waals surface area (Å²) in [6.45, 7) is 5.63. The molecule has 0 amide bonds. The average Bonchev–Trinajstić information content (AvgIpc) is 1.79. The smallest absolute Gasteiger partial charge is 0.726 e. The van der Waals surface area contributed by atoms with Gasteiger partial charge in [0, 0.05) is 0 Å². The van der Waals surface area contributed by atoms with E-state index in [0.29, 0.717) is 12.3 Å². The Morgan fingerprint density at radius 1 is 1.23 bits per heavy atom. The summed E-state index contributed by atoms with van der Waals surface area (Å²) < 4.78 is 34.5. The summed E-state index contributed by atoms with van der Waals surface area (Å²) in [5.74, 6) is 0.491. The third-order valence-electron chi connectivity index (χ3n) is 1.43. The molecule has 0 aromatic rings. The molecule has 0 fully saturated rings. The second-order valence-corrected chi connectivity index (χ2v) is 4.30. The van der Waals surface area contributed by atoms with Gasteiger partial charge in [0.15, 0.2) is 0 Å². The second kappa shape index (κ2) is 7.20. The van der Waals surface area contributed by atoms with Crippen molar-refractivity contribution in [1.29, 1.82) is 0 Å². The summed E-state index contributed by atoms with van der Waals surface area (Å²) in [5, 5.41) is 0. The first-order valence-corrected chi connectivity index (χ1v) is 5.28. The van der Waals surface area contributed by atoms with E-state index in [1.54, 1.807) is 6.92 Å². The van der Waals surface area contributed by atoms with Crippen LogP contribution in [0.4, 0.5) is 0 Å². The Kier molecular flexibility index (Phi) is 9.03. The molecule has 0 heterocycles.